The Balaban J connectivity index is 2.41. The summed E-state index contributed by atoms with van der Waals surface area (Å²) in [5.74, 6) is -0.105. The largest absolute Gasteiger partial charge is 0.505 e. The molecule has 4 heteroatoms. The summed E-state index contributed by atoms with van der Waals surface area (Å²) in [7, 11) is 0. The summed E-state index contributed by atoms with van der Waals surface area (Å²) in [5.41, 5.74) is 0.422. The second-order valence-corrected chi connectivity index (χ2v) is 6.59. The Kier molecular flexibility index (Phi) is 3.30. The third-order valence-corrected chi connectivity index (χ3v) is 3.05. The third kappa shape index (κ3) is 2.48. The number of rotatable bonds is 2. The molecule has 0 unspecified atom stereocenters. The molecule has 3 nitrogen and oxygen atoms in total. The molecule has 0 aromatic heterocycles. The fourth-order valence-corrected chi connectivity index (χ4v) is 1.73. The summed E-state index contributed by atoms with van der Waals surface area (Å²) in [6, 6.07) is 11.1. The number of halogens is 1. The minimum absolute atomic E-state index is 0.0956. The van der Waals surface area contributed by atoms with Crippen LogP contribution in [0, 0.1) is 0 Å². The Bertz CT molecular complexity index is 602. The standard InChI is InChI=1S/C14H14BrNO2/c1-14(2,15)13(18)16-11-8-7-9-5-3-4-6-10(9)12(11)17/h3-8,17H,1-2H3,(H,16,18). The van der Waals surface area contributed by atoms with E-state index in [-0.39, 0.29) is 11.7 Å². The van der Waals surface area contributed by atoms with Crippen LogP contribution in [0.1, 0.15) is 13.8 Å². The zero-order valence-electron chi connectivity index (χ0n) is 10.2. The van der Waals surface area contributed by atoms with E-state index < -0.39 is 4.32 Å². The summed E-state index contributed by atoms with van der Waals surface area (Å²) < 4.78 is -0.676. The van der Waals surface area contributed by atoms with Gasteiger partial charge in [-0.1, -0.05) is 46.3 Å². The molecule has 2 aromatic carbocycles. The van der Waals surface area contributed by atoms with Gasteiger partial charge < -0.3 is 10.4 Å². The number of hydrogen-bond acceptors (Lipinski definition) is 2. The van der Waals surface area contributed by atoms with Gasteiger partial charge in [0, 0.05) is 5.39 Å². The zero-order chi connectivity index (χ0) is 13.3. The van der Waals surface area contributed by atoms with Gasteiger partial charge in [-0.15, -0.1) is 0 Å². The van der Waals surface area contributed by atoms with Crippen molar-refractivity contribution in [1.29, 1.82) is 0 Å². The van der Waals surface area contributed by atoms with Crippen molar-refractivity contribution in [3.63, 3.8) is 0 Å². The molecule has 0 saturated carbocycles. The smallest absolute Gasteiger partial charge is 0.240 e. The minimum Gasteiger partial charge on any atom is -0.505 e. The lowest BCUT2D eigenvalue weighted by molar-refractivity contribution is -0.117. The number of nitrogens with one attached hydrogen (secondary N) is 1. The van der Waals surface area contributed by atoms with Gasteiger partial charge in [0.2, 0.25) is 5.91 Å². The van der Waals surface area contributed by atoms with E-state index in [4.69, 9.17) is 0 Å². The van der Waals surface area contributed by atoms with E-state index in [9.17, 15) is 9.90 Å². The number of alkyl halides is 1. The highest BCUT2D eigenvalue weighted by molar-refractivity contribution is 9.10. The molecule has 0 saturated heterocycles. The second-order valence-electron chi connectivity index (χ2n) is 4.61. The SMILES string of the molecule is CC(C)(Br)C(=O)Nc1ccc2ccccc2c1O. The number of anilines is 1. The molecular formula is C14H14BrNO2. The molecule has 0 radical (unpaired) electrons. The first-order chi connectivity index (χ1) is 8.39. The molecule has 2 N–H and O–H groups in total. The van der Waals surface area contributed by atoms with Crippen LogP contribution in [0.15, 0.2) is 36.4 Å². The predicted molar refractivity (Wildman–Crippen MR) is 77.2 cm³/mol. The van der Waals surface area contributed by atoms with Crippen LogP contribution >= 0.6 is 15.9 Å². The van der Waals surface area contributed by atoms with Crippen molar-refractivity contribution in [2.45, 2.75) is 18.2 Å². The van der Waals surface area contributed by atoms with Crippen LogP contribution in [0.5, 0.6) is 5.75 Å². The van der Waals surface area contributed by atoms with E-state index in [0.717, 1.165) is 10.8 Å². The van der Waals surface area contributed by atoms with Gasteiger partial charge in [0.05, 0.1) is 10.0 Å². The van der Waals surface area contributed by atoms with Gasteiger partial charge in [-0.25, -0.2) is 0 Å². The topological polar surface area (TPSA) is 49.3 Å². The Hall–Kier alpha value is -1.55. The summed E-state index contributed by atoms with van der Waals surface area (Å²) in [5, 5.41) is 14.5. The lowest BCUT2D eigenvalue weighted by Crippen LogP contribution is -2.30. The van der Waals surface area contributed by atoms with Gasteiger partial charge in [0.25, 0.3) is 0 Å². The van der Waals surface area contributed by atoms with Crippen LogP contribution in [0.4, 0.5) is 5.69 Å². The van der Waals surface area contributed by atoms with Crippen LogP contribution in [0.2, 0.25) is 0 Å². The van der Waals surface area contributed by atoms with E-state index >= 15 is 0 Å². The monoisotopic (exact) mass is 307 g/mol. The number of carbonyl (C=O) groups excluding carboxylic acids is 1. The molecule has 0 aliphatic carbocycles. The number of benzene rings is 2. The van der Waals surface area contributed by atoms with Gasteiger partial charge in [0.15, 0.2) is 0 Å². The minimum atomic E-state index is -0.676. The molecule has 0 aliphatic heterocycles. The summed E-state index contributed by atoms with van der Waals surface area (Å²) in [6.45, 7) is 3.50. The number of phenolic OH excluding ortho intramolecular Hbond substituents is 1. The van der Waals surface area contributed by atoms with Gasteiger partial charge in [0.1, 0.15) is 5.75 Å². The number of aromatic hydroxyl groups is 1. The Morgan fingerprint density at radius 1 is 1.22 bits per heavy atom. The number of fused-ring (bicyclic) bond motifs is 1. The van der Waals surface area contributed by atoms with Crippen LogP contribution < -0.4 is 5.32 Å². The molecule has 18 heavy (non-hydrogen) atoms. The normalized spacial score (nSPS) is 11.5. The molecule has 94 valence electrons. The first-order valence-corrected chi connectivity index (χ1v) is 6.40. The van der Waals surface area contributed by atoms with Gasteiger partial charge in [-0.3, -0.25) is 4.79 Å². The zero-order valence-corrected chi connectivity index (χ0v) is 11.8. The van der Waals surface area contributed by atoms with Gasteiger partial charge in [-0.05, 0) is 25.3 Å². The maximum absolute atomic E-state index is 11.9. The van der Waals surface area contributed by atoms with E-state index in [2.05, 4.69) is 21.2 Å². The van der Waals surface area contributed by atoms with Crippen molar-refractivity contribution >= 4 is 38.3 Å². The molecule has 0 spiro atoms. The third-order valence-electron chi connectivity index (χ3n) is 2.69. The molecule has 2 aromatic rings. The molecule has 1 amide bonds. The average Bonchev–Trinajstić information content (AvgIpc) is 2.32. The van der Waals surface area contributed by atoms with Gasteiger partial charge in [-0.2, -0.15) is 0 Å². The maximum Gasteiger partial charge on any atom is 0.240 e. The average molecular weight is 308 g/mol. The van der Waals surface area contributed by atoms with Crippen molar-refractivity contribution < 1.29 is 9.90 Å². The number of phenols is 1. The molecule has 0 fully saturated rings. The fourth-order valence-electron chi connectivity index (χ4n) is 1.63. The van der Waals surface area contributed by atoms with E-state index in [1.165, 1.54) is 0 Å². The number of amides is 1. The molecule has 2 rings (SSSR count). The predicted octanol–water partition coefficient (Wildman–Crippen LogP) is 3.66. The van der Waals surface area contributed by atoms with Crippen molar-refractivity contribution in [1.82, 2.24) is 0 Å². The van der Waals surface area contributed by atoms with Gasteiger partial charge >= 0.3 is 0 Å². The Labute approximate surface area is 114 Å². The maximum atomic E-state index is 11.9. The van der Waals surface area contributed by atoms with Crippen LogP contribution in [0.25, 0.3) is 10.8 Å². The van der Waals surface area contributed by atoms with Crippen molar-refractivity contribution in [3.05, 3.63) is 36.4 Å². The van der Waals surface area contributed by atoms with E-state index in [1.807, 2.05) is 30.3 Å². The van der Waals surface area contributed by atoms with Crippen molar-refractivity contribution in [2.24, 2.45) is 0 Å². The van der Waals surface area contributed by atoms with Crippen molar-refractivity contribution in [2.75, 3.05) is 5.32 Å². The highest BCUT2D eigenvalue weighted by Gasteiger charge is 2.24. The van der Waals surface area contributed by atoms with Crippen LogP contribution in [-0.2, 0) is 4.79 Å². The van der Waals surface area contributed by atoms with E-state index in [0.29, 0.717) is 5.69 Å². The molecule has 0 bridgehead atoms. The highest BCUT2D eigenvalue weighted by atomic mass is 79.9. The highest BCUT2D eigenvalue weighted by Crippen LogP contribution is 2.33. The first kappa shape index (κ1) is 12.9. The summed E-state index contributed by atoms with van der Waals surface area (Å²) >= 11 is 3.28. The quantitative estimate of drug-likeness (QED) is 0.657. The number of hydrogen-bond donors (Lipinski definition) is 2. The van der Waals surface area contributed by atoms with Crippen LogP contribution in [0.3, 0.4) is 0 Å². The summed E-state index contributed by atoms with van der Waals surface area (Å²) in [6.07, 6.45) is 0. The second kappa shape index (κ2) is 4.61. The molecule has 0 aliphatic rings. The lowest BCUT2D eigenvalue weighted by Gasteiger charge is -2.17. The lowest BCUT2D eigenvalue weighted by atomic mass is 10.1. The Morgan fingerprint density at radius 2 is 1.89 bits per heavy atom. The summed E-state index contributed by atoms with van der Waals surface area (Å²) in [4.78, 5) is 11.9. The Morgan fingerprint density at radius 3 is 2.56 bits per heavy atom. The van der Waals surface area contributed by atoms with Crippen LogP contribution in [-0.4, -0.2) is 15.3 Å². The molecule has 0 atom stereocenters. The molecule has 0 heterocycles. The number of carbonyl (C=O) groups is 1. The fraction of sp³-hybridized carbons (Fsp3) is 0.214. The van der Waals surface area contributed by atoms with Crippen molar-refractivity contribution in [3.8, 4) is 5.75 Å². The first-order valence-electron chi connectivity index (χ1n) is 5.60. The van der Waals surface area contributed by atoms with E-state index in [1.54, 1.807) is 19.9 Å². The molecular weight excluding hydrogens is 294 g/mol.